The van der Waals surface area contributed by atoms with Crippen LogP contribution in [-0.2, 0) is 0 Å². The van der Waals surface area contributed by atoms with Crippen LogP contribution in [0.3, 0.4) is 0 Å². The van der Waals surface area contributed by atoms with E-state index in [0.717, 1.165) is 11.1 Å². The normalized spacial score (nSPS) is 11.3. The Bertz CT molecular complexity index is 654. The van der Waals surface area contributed by atoms with Gasteiger partial charge in [0.1, 0.15) is 0 Å². The fraction of sp³-hybridized carbons (Fsp3) is 0.333. The lowest BCUT2D eigenvalue weighted by molar-refractivity contribution is 0.0366. The van der Waals surface area contributed by atoms with Crippen LogP contribution in [0.1, 0.15) is 17.3 Å². The Labute approximate surface area is 136 Å². The third-order valence-corrected chi connectivity index (χ3v) is 3.82. The molecule has 0 atom stereocenters. The Morgan fingerprint density at radius 1 is 1.13 bits per heavy atom. The summed E-state index contributed by atoms with van der Waals surface area (Å²) in [5.41, 5.74) is 1.62. The SMILES string of the molecule is CN(CC(C)(CO)CO)C(=O)c1cncc(-c2ccccc2)c1. The molecule has 23 heavy (non-hydrogen) atoms. The van der Waals surface area contributed by atoms with Gasteiger partial charge >= 0.3 is 0 Å². The molecular formula is C18H22N2O3. The molecule has 1 aromatic heterocycles. The summed E-state index contributed by atoms with van der Waals surface area (Å²) in [6, 6.07) is 11.5. The van der Waals surface area contributed by atoms with Crippen LogP contribution in [0.4, 0.5) is 0 Å². The summed E-state index contributed by atoms with van der Waals surface area (Å²) in [5, 5.41) is 18.7. The largest absolute Gasteiger partial charge is 0.396 e. The summed E-state index contributed by atoms with van der Waals surface area (Å²) < 4.78 is 0. The summed E-state index contributed by atoms with van der Waals surface area (Å²) >= 11 is 0. The highest BCUT2D eigenvalue weighted by Crippen LogP contribution is 2.21. The topological polar surface area (TPSA) is 73.7 Å². The Kier molecular flexibility index (Phi) is 5.47. The smallest absolute Gasteiger partial charge is 0.255 e. The van der Waals surface area contributed by atoms with Crippen molar-refractivity contribution in [1.82, 2.24) is 9.88 Å². The molecule has 5 heteroatoms. The van der Waals surface area contributed by atoms with Gasteiger partial charge in [-0.25, -0.2) is 0 Å². The molecule has 0 saturated carbocycles. The highest BCUT2D eigenvalue weighted by molar-refractivity contribution is 5.95. The zero-order valence-electron chi connectivity index (χ0n) is 13.4. The number of nitrogens with zero attached hydrogens (tertiary/aromatic N) is 2. The van der Waals surface area contributed by atoms with Gasteiger partial charge in [0.15, 0.2) is 0 Å². The zero-order valence-corrected chi connectivity index (χ0v) is 13.4. The van der Waals surface area contributed by atoms with Gasteiger partial charge in [-0.3, -0.25) is 9.78 Å². The molecule has 1 heterocycles. The van der Waals surface area contributed by atoms with Crippen LogP contribution < -0.4 is 0 Å². The number of carbonyl (C=O) groups is 1. The quantitative estimate of drug-likeness (QED) is 0.853. The minimum atomic E-state index is -0.727. The van der Waals surface area contributed by atoms with E-state index in [4.69, 9.17) is 0 Å². The van der Waals surface area contributed by atoms with Crippen LogP contribution in [0.2, 0.25) is 0 Å². The van der Waals surface area contributed by atoms with Gasteiger partial charge in [-0.15, -0.1) is 0 Å². The van der Waals surface area contributed by atoms with Gasteiger partial charge in [0.25, 0.3) is 5.91 Å². The molecule has 0 aliphatic carbocycles. The molecular weight excluding hydrogens is 292 g/mol. The first kappa shape index (κ1) is 17.1. The first-order valence-corrected chi connectivity index (χ1v) is 7.47. The minimum absolute atomic E-state index is 0.191. The maximum Gasteiger partial charge on any atom is 0.255 e. The molecule has 0 radical (unpaired) electrons. The molecule has 0 saturated heterocycles. The van der Waals surface area contributed by atoms with Crippen molar-refractivity contribution in [3.63, 3.8) is 0 Å². The number of aromatic nitrogens is 1. The first-order valence-electron chi connectivity index (χ1n) is 7.47. The van der Waals surface area contributed by atoms with E-state index in [0.29, 0.717) is 5.56 Å². The van der Waals surface area contributed by atoms with Crippen molar-refractivity contribution in [3.05, 3.63) is 54.4 Å². The second-order valence-electron chi connectivity index (χ2n) is 6.12. The summed E-state index contributed by atoms with van der Waals surface area (Å²) in [5.74, 6) is -0.191. The van der Waals surface area contributed by atoms with Crippen LogP contribution in [0.5, 0.6) is 0 Å². The van der Waals surface area contributed by atoms with Crippen LogP contribution >= 0.6 is 0 Å². The Balaban J connectivity index is 2.20. The molecule has 0 aliphatic heterocycles. The van der Waals surface area contributed by atoms with E-state index in [1.54, 1.807) is 26.2 Å². The van der Waals surface area contributed by atoms with E-state index in [-0.39, 0.29) is 25.7 Å². The van der Waals surface area contributed by atoms with Crippen molar-refractivity contribution in [2.45, 2.75) is 6.92 Å². The van der Waals surface area contributed by atoms with Crippen molar-refractivity contribution >= 4 is 5.91 Å². The molecule has 122 valence electrons. The van der Waals surface area contributed by atoms with Gasteiger partial charge in [-0.05, 0) is 11.6 Å². The van der Waals surface area contributed by atoms with Crippen molar-refractivity contribution in [2.24, 2.45) is 5.41 Å². The lowest BCUT2D eigenvalue weighted by Crippen LogP contribution is -2.41. The van der Waals surface area contributed by atoms with Crippen LogP contribution in [0.25, 0.3) is 11.1 Å². The molecule has 0 fully saturated rings. The number of aliphatic hydroxyl groups excluding tert-OH is 2. The maximum atomic E-state index is 12.6. The summed E-state index contributed by atoms with van der Waals surface area (Å²) in [4.78, 5) is 18.2. The summed E-state index contributed by atoms with van der Waals surface area (Å²) in [7, 11) is 1.65. The number of carbonyl (C=O) groups excluding carboxylic acids is 1. The van der Waals surface area contributed by atoms with Crippen molar-refractivity contribution < 1.29 is 15.0 Å². The number of hydrogen-bond acceptors (Lipinski definition) is 4. The van der Waals surface area contributed by atoms with Gasteiger partial charge in [0.2, 0.25) is 0 Å². The van der Waals surface area contributed by atoms with Gasteiger partial charge in [-0.1, -0.05) is 37.3 Å². The minimum Gasteiger partial charge on any atom is -0.396 e. The van der Waals surface area contributed by atoms with E-state index < -0.39 is 5.41 Å². The van der Waals surface area contributed by atoms with E-state index >= 15 is 0 Å². The third-order valence-electron chi connectivity index (χ3n) is 3.82. The predicted molar refractivity (Wildman–Crippen MR) is 88.9 cm³/mol. The number of pyridine rings is 1. The van der Waals surface area contributed by atoms with Gasteiger partial charge in [0, 0.05) is 37.0 Å². The maximum absolute atomic E-state index is 12.6. The number of aliphatic hydroxyl groups is 2. The van der Waals surface area contributed by atoms with E-state index in [9.17, 15) is 15.0 Å². The molecule has 5 nitrogen and oxygen atoms in total. The fourth-order valence-electron chi connectivity index (χ4n) is 2.36. The average Bonchev–Trinajstić information content (AvgIpc) is 2.61. The lowest BCUT2D eigenvalue weighted by Gasteiger charge is -2.30. The number of benzene rings is 1. The summed E-state index contributed by atoms with van der Waals surface area (Å²) in [6.45, 7) is 1.61. The highest BCUT2D eigenvalue weighted by atomic mass is 16.3. The van der Waals surface area contributed by atoms with Crippen molar-refractivity contribution in [1.29, 1.82) is 0 Å². The Morgan fingerprint density at radius 3 is 2.39 bits per heavy atom. The zero-order chi connectivity index (χ0) is 16.9. The van der Waals surface area contributed by atoms with Crippen molar-refractivity contribution in [2.75, 3.05) is 26.8 Å². The third kappa shape index (κ3) is 4.15. The van der Waals surface area contributed by atoms with E-state index in [1.165, 1.54) is 11.1 Å². The molecule has 2 aromatic rings. The first-order chi connectivity index (χ1) is 11.0. The molecule has 1 amide bonds. The molecule has 0 spiro atoms. The standard InChI is InChI=1S/C18H22N2O3/c1-18(12-21,13-22)11-20(2)17(23)16-8-15(9-19-10-16)14-6-4-3-5-7-14/h3-10,21-22H,11-13H2,1-2H3. The van der Waals surface area contributed by atoms with Gasteiger partial charge < -0.3 is 15.1 Å². The van der Waals surface area contributed by atoms with Crippen LogP contribution in [-0.4, -0.2) is 52.8 Å². The molecule has 0 unspecified atom stereocenters. The van der Waals surface area contributed by atoms with Gasteiger partial charge in [0.05, 0.1) is 18.8 Å². The molecule has 2 rings (SSSR count). The van der Waals surface area contributed by atoms with Crippen LogP contribution in [0.15, 0.2) is 48.8 Å². The monoisotopic (exact) mass is 314 g/mol. The molecule has 2 N–H and O–H groups in total. The van der Waals surface area contributed by atoms with Crippen LogP contribution in [0, 0.1) is 5.41 Å². The molecule has 0 bridgehead atoms. The number of amides is 1. The fourth-order valence-corrected chi connectivity index (χ4v) is 2.36. The lowest BCUT2D eigenvalue weighted by atomic mass is 9.92. The Hall–Kier alpha value is -2.24. The van der Waals surface area contributed by atoms with Gasteiger partial charge in [-0.2, -0.15) is 0 Å². The number of rotatable bonds is 6. The van der Waals surface area contributed by atoms with E-state index in [2.05, 4.69) is 4.98 Å². The molecule has 1 aromatic carbocycles. The van der Waals surface area contributed by atoms with E-state index in [1.807, 2.05) is 30.3 Å². The highest BCUT2D eigenvalue weighted by Gasteiger charge is 2.27. The Morgan fingerprint density at radius 2 is 1.78 bits per heavy atom. The molecule has 0 aliphatic rings. The second kappa shape index (κ2) is 7.35. The summed E-state index contributed by atoms with van der Waals surface area (Å²) in [6.07, 6.45) is 3.25. The number of hydrogen-bond donors (Lipinski definition) is 2. The predicted octanol–water partition coefficient (Wildman–Crippen LogP) is 1.81. The second-order valence-corrected chi connectivity index (χ2v) is 6.12. The average molecular weight is 314 g/mol. The van der Waals surface area contributed by atoms with Crippen molar-refractivity contribution in [3.8, 4) is 11.1 Å².